The second kappa shape index (κ2) is 11.0. The van der Waals surface area contributed by atoms with Crippen molar-refractivity contribution < 1.29 is 27.2 Å². The largest absolute Gasteiger partial charge is 1.00 e. The van der Waals surface area contributed by atoms with Gasteiger partial charge in [0.25, 0.3) is 0 Å². The monoisotopic (exact) mass is 502 g/mol. The molecule has 23 heavy (non-hydrogen) atoms. The molecule has 0 bridgehead atoms. The molecule has 1 nitrogen and oxygen atoms in total. The normalized spacial score (nSPS) is 9.26. The number of carbonyl (C=O) groups excluding carboxylic acids is 1. The van der Waals surface area contributed by atoms with Crippen molar-refractivity contribution in [1.29, 1.82) is 0 Å². The maximum Gasteiger partial charge on any atom is 1.00 e. The molecule has 0 unspecified atom stereocenters. The van der Waals surface area contributed by atoms with Gasteiger partial charge in [0.05, 0.1) is 0 Å². The van der Waals surface area contributed by atoms with Gasteiger partial charge in [-0.15, -0.1) is 0 Å². The number of aldehydes is 1. The summed E-state index contributed by atoms with van der Waals surface area (Å²) < 4.78 is 0. The third kappa shape index (κ3) is 5.82. The number of rotatable bonds is 3. The van der Waals surface area contributed by atoms with E-state index in [0.717, 1.165) is 0 Å². The van der Waals surface area contributed by atoms with Crippen molar-refractivity contribution in [1.82, 2.24) is 0 Å². The average molecular weight is 502 g/mol. The van der Waals surface area contributed by atoms with E-state index in [0.29, 0.717) is 6.29 Å². The molecule has 0 amide bonds. The minimum Gasteiger partial charge on any atom is -0.343 e. The Balaban J connectivity index is 0.000000615. The first-order valence-electron chi connectivity index (χ1n) is 7.05. The molecular formula is C20H18AuOP. The summed E-state index contributed by atoms with van der Waals surface area (Å²) in [5, 5.41) is 4.19. The molecule has 3 aromatic rings. The van der Waals surface area contributed by atoms with Gasteiger partial charge in [-0.3, -0.25) is 0 Å². The van der Waals surface area contributed by atoms with E-state index in [1.165, 1.54) is 15.9 Å². The zero-order chi connectivity index (χ0) is 15.6. The zero-order valence-corrected chi connectivity index (χ0v) is 15.7. The predicted molar refractivity (Wildman–Crippen MR) is 96.6 cm³/mol. The van der Waals surface area contributed by atoms with Gasteiger partial charge in [0.2, 0.25) is 0 Å². The van der Waals surface area contributed by atoms with Crippen LogP contribution in [0.1, 0.15) is 0 Å². The Hall–Kier alpha value is -1.63. The van der Waals surface area contributed by atoms with Crippen LogP contribution in [0, 0.1) is 6.92 Å². The van der Waals surface area contributed by atoms with Crippen molar-refractivity contribution in [2.75, 3.05) is 0 Å². The maximum atomic E-state index is 8.69. The van der Waals surface area contributed by atoms with Gasteiger partial charge in [0.1, 0.15) is 0 Å². The van der Waals surface area contributed by atoms with E-state index in [1.54, 1.807) is 0 Å². The molecule has 0 saturated carbocycles. The predicted octanol–water partition coefficient (Wildman–Crippen LogP) is 3.46. The standard InChI is InChI=1S/C18H15P.C2H3O.Au/c1-4-10-16(11-5-1)19(17-12-6-2-7-13-17)18-14-8-3-9-15-18;1-2-3;/h1-15H;2H,1H2;/q;-1;+1. The van der Waals surface area contributed by atoms with Gasteiger partial charge >= 0.3 is 22.4 Å². The Morgan fingerprint density at radius 2 is 0.826 bits per heavy atom. The van der Waals surface area contributed by atoms with E-state index in [4.69, 9.17) is 4.79 Å². The van der Waals surface area contributed by atoms with Crippen LogP contribution in [-0.2, 0) is 27.2 Å². The minimum absolute atomic E-state index is 0. The van der Waals surface area contributed by atoms with Crippen LogP contribution >= 0.6 is 7.92 Å². The Morgan fingerprint density at radius 1 is 0.609 bits per heavy atom. The second-order valence-corrected chi connectivity index (χ2v) is 6.73. The van der Waals surface area contributed by atoms with E-state index >= 15 is 0 Å². The fourth-order valence-electron chi connectivity index (χ4n) is 2.18. The Kier molecular flexibility index (Phi) is 9.28. The number of hydrogen-bond donors (Lipinski definition) is 0. The summed E-state index contributed by atoms with van der Waals surface area (Å²) in [7, 11) is -0.446. The molecule has 0 heterocycles. The maximum absolute atomic E-state index is 8.69. The van der Waals surface area contributed by atoms with E-state index in [9.17, 15) is 0 Å². The van der Waals surface area contributed by atoms with Crippen molar-refractivity contribution in [2.24, 2.45) is 0 Å². The third-order valence-electron chi connectivity index (χ3n) is 3.04. The van der Waals surface area contributed by atoms with Crippen LogP contribution in [0.25, 0.3) is 0 Å². The van der Waals surface area contributed by atoms with Crippen molar-refractivity contribution in [3.63, 3.8) is 0 Å². The second-order valence-electron chi connectivity index (χ2n) is 4.51. The van der Waals surface area contributed by atoms with E-state index in [2.05, 4.69) is 97.9 Å². The van der Waals surface area contributed by atoms with Crippen LogP contribution in [-0.4, -0.2) is 6.29 Å². The van der Waals surface area contributed by atoms with Crippen LogP contribution in [0.5, 0.6) is 0 Å². The molecule has 120 valence electrons. The number of benzene rings is 3. The molecular weight excluding hydrogens is 484 g/mol. The van der Waals surface area contributed by atoms with Crippen LogP contribution in [0.15, 0.2) is 91.0 Å². The molecule has 3 rings (SSSR count). The summed E-state index contributed by atoms with van der Waals surface area (Å²) in [5.41, 5.74) is 0. The fourth-order valence-corrected chi connectivity index (χ4v) is 4.48. The van der Waals surface area contributed by atoms with Crippen LogP contribution in [0.4, 0.5) is 0 Å². The van der Waals surface area contributed by atoms with Gasteiger partial charge in [-0.25, -0.2) is 0 Å². The minimum atomic E-state index is -0.446. The topological polar surface area (TPSA) is 17.1 Å². The van der Waals surface area contributed by atoms with Crippen LogP contribution < -0.4 is 15.9 Å². The summed E-state index contributed by atoms with van der Waals surface area (Å²) in [6.07, 6.45) is 0.500. The molecule has 0 aliphatic carbocycles. The first-order valence-corrected chi connectivity index (χ1v) is 8.39. The van der Waals surface area contributed by atoms with Gasteiger partial charge in [0.15, 0.2) is 0 Å². The number of hydrogen-bond acceptors (Lipinski definition) is 1. The molecule has 0 aliphatic rings. The van der Waals surface area contributed by atoms with Crippen molar-refractivity contribution in [3.05, 3.63) is 97.9 Å². The third-order valence-corrected chi connectivity index (χ3v) is 5.49. The molecule has 0 fully saturated rings. The van der Waals surface area contributed by atoms with E-state index in [1.807, 2.05) is 0 Å². The fraction of sp³-hybridized carbons (Fsp3) is 0. The van der Waals surface area contributed by atoms with Crippen molar-refractivity contribution in [2.45, 2.75) is 0 Å². The summed E-state index contributed by atoms with van der Waals surface area (Å²) in [5.74, 6) is 0. The molecule has 3 aromatic carbocycles. The van der Waals surface area contributed by atoms with Gasteiger partial charge < -0.3 is 11.7 Å². The summed E-state index contributed by atoms with van der Waals surface area (Å²) in [4.78, 5) is 8.69. The zero-order valence-electron chi connectivity index (χ0n) is 12.6. The van der Waals surface area contributed by atoms with E-state index < -0.39 is 7.92 Å². The summed E-state index contributed by atoms with van der Waals surface area (Å²) in [6, 6.07) is 32.3. The molecule has 0 spiro atoms. The van der Waals surface area contributed by atoms with Crippen molar-refractivity contribution in [3.8, 4) is 0 Å². The average Bonchev–Trinajstić information content (AvgIpc) is 2.59. The Bertz CT molecular complexity index is 578. The van der Waals surface area contributed by atoms with Gasteiger partial charge in [0, 0.05) is 0 Å². The molecule has 0 atom stereocenters. The molecule has 0 aromatic heterocycles. The Labute approximate surface area is 155 Å². The van der Waals surface area contributed by atoms with Gasteiger partial charge in [-0.2, -0.15) is 0 Å². The molecule has 0 N–H and O–H groups in total. The molecule has 0 saturated heterocycles. The summed E-state index contributed by atoms with van der Waals surface area (Å²) in [6.45, 7) is 2.81. The quantitative estimate of drug-likeness (QED) is 0.232. The van der Waals surface area contributed by atoms with E-state index in [-0.39, 0.29) is 22.4 Å². The molecule has 0 aliphatic heterocycles. The van der Waals surface area contributed by atoms with Crippen LogP contribution in [0.3, 0.4) is 0 Å². The van der Waals surface area contributed by atoms with Gasteiger partial charge in [-0.1, -0.05) is 91.0 Å². The van der Waals surface area contributed by atoms with Crippen LogP contribution in [0.2, 0.25) is 0 Å². The first-order chi connectivity index (χ1) is 10.9. The molecule has 3 heteroatoms. The number of carbonyl (C=O) groups is 1. The van der Waals surface area contributed by atoms with Gasteiger partial charge in [-0.05, 0) is 30.1 Å². The Morgan fingerprint density at radius 3 is 1.04 bits per heavy atom. The van der Waals surface area contributed by atoms with Crippen molar-refractivity contribution >= 4 is 30.1 Å². The smallest absolute Gasteiger partial charge is 0.343 e. The molecule has 0 radical (unpaired) electrons. The summed E-state index contributed by atoms with van der Waals surface area (Å²) >= 11 is 0. The first kappa shape index (κ1) is 19.4. The SMILES string of the molecule is [Au+].[CH2-]C=O.c1ccc(P(c2ccccc2)c2ccccc2)cc1.